The van der Waals surface area contributed by atoms with E-state index in [1.807, 2.05) is 25.1 Å². The van der Waals surface area contributed by atoms with Gasteiger partial charge in [-0.2, -0.15) is 0 Å². The third-order valence-corrected chi connectivity index (χ3v) is 8.11. The summed E-state index contributed by atoms with van der Waals surface area (Å²) >= 11 is 1.54. The number of methoxy groups -OCH3 is 1. The van der Waals surface area contributed by atoms with E-state index >= 15 is 0 Å². The fourth-order valence-corrected chi connectivity index (χ4v) is 6.11. The Balaban J connectivity index is 1.57. The summed E-state index contributed by atoms with van der Waals surface area (Å²) < 4.78 is 22.5. The molecule has 1 aliphatic heterocycles. The fraction of sp³-hybridized carbons (Fsp3) is 0.115. The van der Waals surface area contributed by atoms with Gasteiger partial charge in [-0.3, -0.25) is 14.5 Å². The molecule has 0 spiro atoms. The molecule has 11 heteroatoms. The van der Waals surface area contributed by atoms with Crippen molar-refractivity contribution < 1.29 is 13.7 Å². The summed E-state index contributed by atoms with van der Waals surface area (Å²) in [5, 5.41) is 2.92. The first-order chi connectivity index (χ1) is 18.0. The number of pyridine rings is 2. The molecule has 37 heavy (non-hydrogen) atoms. The maximum absolute atomic E-state index is 13.2. The Morgan fingerprint density at radius 3 is 2.78 bits per heavy atom. The minimum absolute atomic E-state index is 0.279. The predicted molar refractivity (Wildman–Crippen MR) is 143 cm³/mol. The average Bonchev–Trinajstić information content (AvgIpc) is 3.35. The standard InChI is InChI=1S/C26H20N6O3S2/c1-14-30-20-9-22-17-8-21(26(35-2)29-13-17)32-37(34)19-5-3-4-16(7-19)25(33)28-11-15-6-18(12-27-10-15)23(31-14)24(20)36-22/h3-10,12-13,32H,11H2,1-2H3,(H,28,33). The second kappa shape index (κ2) is 9.34. The first-order valence-electron chi connectivity index (χ1n) is 11.3. The number of amides is 1. The van der Waals surface area contributed by atoms with Gasteiger partial charge in [-0.15, -0.1) is 11.3 Å². The van der Waals surface area contributed by atoms with Crippen molar-refractivity contribution in [2.45, 2.75) is 18.4 Å². The van der Waals surface area contributed by atoms with Crippen LogP contribution >= 0.6 is 11.3 Å². The normalized spacial score (nSPS) is 15.0. The molecule has 0 fully saturated rings. The van der Waals surface area contributed by atoms with E-state index in [2.05, 4.69) is 25.0 Å². The minimum Gasteiger partial charge on any atom is -0.480 e. The minimum atomic E-state index is -1.67. The van der Waals surface area contributed by atoms with E-state index in [4.69, 9.17) is 9.72 Å². The SMILES string of the molecule is COc1ncc2cc1NS(=O)c1cccc(c1)C(=O)NCc1cncc(c1)-c1nc(C)nc3cc-2sc13. The molecule has 6 rings (SSSR count). The summed E-state index contributed by atoms with van der Waals surface area (Å²) in [7, 11) is -0.161. The maximum Gasteiger partial charge on any atom is 0.251 e. The van der Waals surface area contributed by atoms with Crippen LogP contribution in [0.2, 0.25) is 0 Å². The summed E-state index contributed by atoms with van der Waals surface area (Å²) in [6, 6.07) is 12.5. The zero-order valence-electron chi connectivity index (χ0n) is 19.8. The Hall–Kier alpha value is -4.22. The van der Waals surface area contributed by atoms with Crippen LogP contribution in [0.25, 0.3) is 31.9 Å². The second-order valence-corrected chi connectivity index (χ2v) is 10.7. The van der Waals surface area contributed by atoms with Gasteiger partial charge < -0.3 is 10.1 Å². The number of aromatic nitrogens is 4. The third-order valence-electron chi connectivity index (χ3n) is 5.85. The van der Waals surface area contributed by atoms with Crippen molar-refractivity contribution in [3.63, 3.8) is 0 Å². The molecule has 1 atom stereocenters. The lowest BCUT2D eigenvalue weighted by Gasteiger charge is -2.12. The number of hydrogen-bond acceptors (Lipinski definition) is 8. The van der Waals surface area contributed by atoms with E-state index < -0.39 is 11.0 Å². The molecule has 0 aliphatic carbocycles. The van der Waals surface area contributed by atoms with Crippen LogP contribution in [-0.4, -0.2) is 37.2 Å². The summed E-state index contributed by atoms with van der Waals surface area (Å²) in [6.45, 7) is 2.13. The number of fused-ring (bicyclic) bond motifs is 9. The largest absolute Gasteiger partial charge is 0.480 e. The van der Waals surface area contributed by atoms with Gasteiger partial charge in [-0.05, 0) is 48.9 Å². The van der Waals surface area contributed by atoms with Gasteiger partial charge in [0.25, 0.3) is 5.91 Å². The third kappa shape index (κ3) is 4.43. The topological polar surface area (TPSA) is 119 Å². The average molecular weight is 529 g/mol. The number of anilines is 1. The molecule has 2 N–H and O–H groups in total. The maximum atomic E-state index is 13.2. The number of hydrogen-bond donors (Lipinski definition) is 2. The molecule has 0 saturated heterocycles. The molecule has 1 amide bonds. The summed E-state index contributed by atoms with van der Waals surface area (Å²) in [4.78, 5) is 32.5. The van der Waals surface area contributed by atoms with Gasteiger partial charge in [0, 0.05) is 46.7 Å². The highest BCUT2D eigenvalue weighted by Gasteiger charge is 2.18. The first kappa shape index (κ1) is 23.2. The summed E-state index contributed by atoms with van der Waals surface area (Å²) in [5.74, 6) is 0.664. The number of rotatable bonds is 1. The highest BCUT2D eigenvalue weighted by molar-refractivity contribution is 7.86. The molecule has 5 aromatic rings. The quantitative estimate of drug-likeness (QED) is 0.329. The number of carbonyl (C=O) groups excluding carboxylic acids is 1. The van der Waals surface area contributed by atoms with Crippen molar-refractivity contribution in [1.29, 1.82) is 0 Å². The van der Waals surface area contributed by atoms with Crippen LogP contribution in [0.5, 0.6) is 5.88 Å². The number of aryl methyl sites for hydroxylation is 1. The van der Waals surface area contributed by atoms with Crippen molar-refractivity contribution in [2.24, 2.45) is 0 Å². The van der Waals surface area contributed by atoms with Crippen LogP contribution in [0.1, 0.15) is 21.7 Å². The number of thiophene rings is 1. The molecule has 9 nitrogen and oxygen atoms in total. The van der Waals surface area contributed by atoms with E-state index in [0.29, 0.717) is 27.9 Å². The van der Waals surface area contributed by atoms with Gasteiger partial charge in [0.05, 0.1) is 27.9 Å². The first-order valence-corrected chi connectivity index (χ1v) is 13.3. The van der Waals surface area contributed by atoms with E-state index in [1.54, 1.807) is 54.2 Å². The Morgan fingerprint density at radius 1 is 1.03 bits per heavy atom. The molecule has 4 aromatic heterocycles. The number of benzene rings is 1. The smallest absolute Gasteiger partial charge is 0.251 e. The molecule has 184 valence electrons. The van der Waals surface area contributed by atoms with Crippen LogP contribution in [-0.2, 0) is 17.5 Å². The summed E-state index contributed by atoms with van der Waals surface area (Å²) in [5.41, 5.74) is 4.93. The van der Waals surface area contributed by atoms with Crippen LogP contribution in [0, 0.1) is 6.92 Å². The molecule has 8 bridgehead atoms. The van der Waals surface area contributed by atoms with Crippen molar-refractivity contribution in [2.75, 3.05) is 11.8 Å². The monoisotopic (exact) mass is 528 g/mol. The van der Waals surface area contributed by atoms with Crippen LogP contribution in [0.4, 0.5) is 5.69 Å². The van der Waals surface area contributed by atoms with Gasteiger partial charge in [0.15, 0.2) is 0 Å². The molecular weight excluding hydrogens is 508 g/mol. The fourth-order valence-electron chi connectivity index (χ4n) is 4.12. The summed E-state index contributed by atoms with van der Waals surface area (Å²) in [6.07, 6.45) is 5.19. The van der Waals surface area contributed by atoms with Crippen molar-refractivity contribution in [3.05, 3.63) is 78.0 Å². The molecule has 5 heterocycles. The lowest BCUT2D eigenvalue weighted by atomic mass is 10.1. The lowest BCUT2D eigenvalue weighted by molar-refractivity contribution is 0.0950. The molecule has 1 aliphatic rings. The molecular formula is C26H20N6O3S2. The van der Waals surface area contributed by atoms with E-state index in [1.165, 1.54) is 7.11 Å². The van der Waals surface area contributed by atoms with E-state index in [9.17, 15) is 9.00 Å². The van der Waals surface area contributed by atoms with Gasteiger partial charge in [-0.25, -0.2) is 19.2 Å². The molecule has 1 aromatic carbocycles. The van der Waals surface area contributed by atoms with Crippen LogP contribution in [0.15, 0.2) is 66.0 Å². The van der Waals surface area contributed by atoms with Gasteiger partial charge in [-0.1, -0.05) is 6.07 Å². The zero-order valence-corrected chi connectivity index (χ0v) is 21.4. The number of nitrogens with zero attached hydrogens (tertiary/aromatic N) is 4. The molecule has 0 radical (unpaired) electrons. The van der Waals surface area contributed by atoms with Crippen molar-refractivity contribution >= 4 is 44.1 Å². The second-order valence-electron chi connectivity index (χ2n) is 8.39. The van der Waals surface area contributed by atoms with Gasteiger partial charge in [0.2, 0.25) is 5.88 Å². The van der Waals surface area contributed by atoms with Crippen LogP contribution in [0.3, 0.4) is 0 Å². The van der Waals surface area contributed by atoms with E-state index in [0.717, 1.165) is 37.5 Å². The van der Waals surface area contributed by atoms with Crippen molar-refractivity contribution in [1.82, 2.24) is 25.3 Å². The Labute approximate surface area is 218 Å². The lowest BCUT2D eigenvalue weighted by Crippen LogP contribution is -2.23. The Kier molecular flexibility index (Phi) is 5.85. The Morgan fingerprint density at radius 2 is 1.92 bits per heavy atom. The number of carbonyl (C=O) groups is 1. The number of ether oxygens (including phenoxy) is 1. The van der Waals surface area contributed by atoms with Gasteiger partial charge in [0.1, 0.15) is 22.5 Å². The molecule has 1 unspecified atom stereocenters. The highest BCUT2D eigenvalue weighted by Crippen LogP contribution is 2.39. The Bertz CT molecular complexity index is 1720. The van der Waals surface area contributed by atoms with E-state index in [-0.39, 0.29) is 12.5 Å². The predicted octanol–water partition coefficient (Wildman–Crippen LogP) is 4.51. The zero-order chi connectivity index (χ0) is 25.5. The number of nitrogens with one attached hydrogen (secondary N) is 2. The van der Waals surface area contributed by atoms with Crippen molar-refractivity contribution in [3.8, 4) is 27.6 Å². The molecule has 0 saturated carbocycles. The highest BCUT2D eigenvalue weighted by atomic mass is 32.2. The van der Waals surface area contributed by atoms with Gasteiger partial charge >= 0.3 is 0 Å². The van der Waals surface area contributed by atoms with Crippen LogP contribution < -0.4 is 14.8 Å².